The van der Waals surface area contributed by atoms with E-state index in [2.05, 4.69) is 15.9 Å². The van der Waals surface area contributed by atoms with E-state index in [0.29, 0.717) is 40.2 Å². The van der Waals surface area contributed by atoms with Crippen LogP contribution in [0, 0.1) is 13.8 Å². The van der Waals surface area contributed by atoms with Crippen LogP contribution >= 0.6 is 15.9 Å². The number of carboxylic acid groups (broad SMARTS) is 1. The van der Waals surface area contributed by atoms with Gasteiger partial charge in [-0.1, -0.05) is 55.8 Å². The molecule has 0 aliphatic heterocycles. The molecule has 0 spiro atoms. The predicted octanol–water partition coefficient (Wildman–Crippen LogP) is 7.90. The van der Waals surface area contributed by atoms with E-state index in [1.165, 1.54) is 0 Å². The molecule has 1 aromatic heterocycles. The highest BCUT2D eigenvalue weighted by molar-refractivity contribution is 9.10. The summed E-state index contributed by atoms with van der Waals surface area (Å²) in [5.41, 5.74) is 3.15. The molecule has 0 radical (unpaired) electrons. The van der Waals surface area contributed by atoms with Crippen molar-refractivity contribution in [2.24, 2.45) is 0 Å². The van der Waals surface area contributed by atoms with Crippen molar-refractivity contribution in [3.8, 4) is 11.5 Å². The van der Waals surface area contributed by atoms with E-state index in [-0.39, 0.29) is 23.4 Å². The van der Waals surface area contributed by atoms with Gasteiger partial charge in [-0.2, -0.15) is 8.42 Å². The Labute approximate surface area is 259 Å². The van der Waals surface area contributed by atoms with E-state index in [0.717, 1.165) is 33.8 Å². The molecule has 0 fully saturated rings. The highest BCUT2D eigenvalue weighted by Crippen LogP contribution is 2.39. The van der Waals surface area contributed by atoms with E-state index < -0.39 is 32.3 Å². The molecule has 0 saturated carbocycles. The second-order valence-corrected chi connectivity index (χ2v) is 13.5. The standard InChI is InChI=1S/C33H33BrO8S/c1-17(2)26-14-22(31(36)30-19(5)20(6)41-29(30)13-21-7-9-23(34)10-8-21)15-27(18(3)4)32(26)42-43(39,40)24-11-12-25(33(37)38)28(35)16-24/h7-12,14-18,35H,13H2,1-6H3,(H,37,38). The summed E-state index contributed by atoms with van der Waals surface area (Å²) >= 11 is 3.44. The lowest BCUT2D eigenvalue weighted by Gasteiger charge is -2.21. The summed E-state index contributed by atoms with van der Waals surface area (Å²) in [5.74, 6) is -1.50. The third kappa shape index (κ3) is 6.70. The quantitative estimate of drug-likeness (QED) is 0.129. The molecule has 43 heavy (non-hydrogen) atoms. The minimum absolute atomic E-state index is 0.0959. The van der Waals surface area contributed by atoms with Gasteiger partial charge in [-0.3, -0.25) is 4.79 Å². The van der Waals surface area contributed by atoms with Crippen molar-refractivity contribution in [3.05, 3.63) is 110 Å². The summed E-state index contributed by atoms with van der Waals surface area (Å²) in [7, 11) is -4.48. The first kappa shape index (κ1) is 32.0. The van der Waals surface area contributed by atoms with Crippen molar-refractivity contribution >= 4 is 37.8 Å². The largest absolute Gasteiger partial charge is 0.507 e. The fourth-order valence-electron chi connectivity index (χ4n) is 4.82. The van der Waals surface area contributed by atoms with Crippen LogP contribution in [0.2, 0.25) is 0 Å². The van der Waals surface area contributed by atoms with Crippen LogP contribution < -0.4 is 4.18 Å². The average Bonchev–Trinajstić information content (AvgIpc) is 3.20. The Kier molecular flexibility index (Phi) is 9.22. The minimum Gasteiger partial charge on any atom is -0.507 e. The maximum Gasteiger partial charge on any atom is 0.339 e. The normalized spacial score (nSPS) is 11.7. The van der Waals surface area contributed by atoms with Crippen LogP contribution in [-0.2, 0) is 16.5 Å². The summed E-state index contributed by atoms with van der Waals surface area (Å²) in [5, 5.41) is 19.3. The van der Waals surface area contributed by atoms with Crippen LogP contribution in [0.4, 0.5) is 0 Å². The van der Waals surface area contributed by atoms with Gasteiger partial charge in [-0.25, -0.2) is 4.79 Å². The number of ketones is 1. The van der Waals surface area contributed by atoms with Gasteiger partial charge in [-0.05, 0) is 78.8 Å². The molecule has 226 valence electrons. The number of halogens is 1. The van der Waals surface area contributed by atoms with Crippen molar-refractivity contribution in [2.45, 2.75) is 64.7 Å². The van der Waals surface area contributed by atoms with Crippen molar-refractivity contribution in [1.29, 1.82) is 0 Å². The molecule has 0 aliphatic rings. The molecule has 4 aromatic rings. The van der Waals surface area contributed by atoms with E-state index >= 15 is 0 Å². The number of carbonyl (C=O) groups excluding carboxylic acids is 1. The van der Waals surface area contributed by atoms with Gasteiger partial charge in [0.05, 0.1) is 5.56 Å². The number of hydrogen-bond acceptors (Lipinski definition) is 7. The van der Waals surface area contributed by atoms with Gasteiger partial charge >= 0.3 is 16.1 Å². The number of phenols is 1. The lowest BCUT2D eigenvalue weighted by Crippen LogP contribution is -2.15. The Morgan fingerprint density at radius 2 is 1.51 bits per heavy atom. The third-order valence-electron chi connectivity index (χ3n) is 7.30. The van der Waals surface area contributed by atoms with Crippen molar-refractivity contribution in [3.63, 3.8) is 0 Å². The Hall–Kier alpha value is -3.89. The first-order valence-electron chi connectivity index (χ1n) is 13.7. The van der Waals surface area contributed by atoms with Gasteiger partial charge in [0, 0.05) is 28.1 Å². The summed E-state index contributed by atoms with van der Waals surface area (Å²) in [6.45, 7) is 11.1. The number of rotatable bonds is 10. The summed E-state index contributed by atoms with van der Waals surface area (Å²) in [6, 6.07) is 14.0. The molecule has 0 aliphatic carbocycles. The molecule has 4 rings (SSSR count). The SMILES string of the molecule is Cc1oc(Cc2ccc(Br)cc2)c(C(=O)c2cc(C(C)C)c(OS(=O)(=O)c3ccc(C(=O)O)c(O)c3)c(C(C)C)c2)c1C. The lowest BCUT2D eigenvalue weighted by molar-refractivity contribution is 0.0693. The summed E-state index contributed by atoms with van der Waals surface area (Å²) in [6.07, 6.45) is 0.421. The number of benzene rings is 3. The Balaban J connectivity index is 1.80. The number of aryl methyl sites for hydroxylation is 1. The first-order chi connectivity index (χ1) is 20.1. The molecule has 0 atom stereocenters. The van der Waals surface area contributed by atoms with Crippen molar-refractivity contribution in [1.82, 2.24) is 0 Å². The van der Waals surface area contributed by atoms with E-state index in [1.807, 2.05) is 65.8 Å². The average molecular weight is 670 g/mol. The summed E-state index contributed by atoms with van der Waals surface area (Å²) in [4.78, 5) is 25.0. The zero-order valence-corrected chi connectivity index (χ0v) is 27.1. The van der Waals surface area contributed by atoms with E-state index in [4.69, 9.17) is 8.60 Å². The first-order valence-corrected chi connectivity index (χ1v) is 15.9. The van der Waals surface area contributed by atoms with Crippen molar-refractivity contribution < 1.29 is 36.8 Å². The van der Waals surface area contributed by atoms with Crippen LogP contribution in [0.1, 0.15) is 99.6 Å². The van der Waals surface area contributed by atoms with Crippen LogP contribution in [-0.4, -0.2) is 30.4 Å². The Bertz CT molecular complexity index is 1790. The highest BCUT2D eigenvalue weighted by atomic mass is 79.9. The monoisotopic (exact) mass is 668 g/mol. The highest BCUT2D eigenvalue weighted by Gasteiger charge is 2.29. The number of hydrogen-bond donors (Lipinski definition) is 2. The third-order valence-corrected chi connectivity index (χ3v) is 9.04. The second-order valence-electron chi connectivity index (χ2n) is 11.0. The zero-order valence-electron chi connectivity index (χ0n) is 24.7. The van der Waals surface area contributed by atoms with Gasteiger partial charge in [-0.15, -0.1) is 0 Å². The van der Waals surface area contributed by atoms with Crippen LogP contribution in [0.25, 0.3) is 0 Å². The zero-order chi connectivity index (χ0) is 31.8. The van der Waals surface area contributed by atoms with E-state index in [1.54, 1.807) is 12.1 Å². The van der Waals surface area contributed by atoms with Crippen molar-refractivity contribution in [2.75, 3.05) is 0 Å². The number of aromatic carboxylic acids is 1. The van der Waals surface area contributed by atoms with Crippen LogP contribution in [0.5, 0.6) is 11.5 Å². The molecule has 0 unspecified atom stereocenters. The number of carbonyl (C=O) groups is 2. The number of furan rings is 1. The maximum atomic E-state index is 14.1. The fraction of sp³-hybridized carbons (Fsp3) is 0.273. The molecular weight excluding hydrogens is 636 g/mol. The second kappa shape index (κ2) is 12.4. The van der Waals surface area contributed by atoms with Gasteiger partial charge in [0.2, 0.25) is 0 Å². The van der Waals surface area contributed by atoms with E-state index in [9.17, 15) is 28.2 Å². The molecule has 8 nitrogen and oxygen atoms in total. The fourth-order valence-corrected chi connectivity index (χ4v) is 6.08. The van der Waals surface area contributed by atoms with Crippen LogP contribution in [0.3, 0.4) is 0 Å². The van der Waals surface area contributed by atoms with Crippen LogP contribution in [0.15, 0.2) is 68.4 Å². The molecule has 2 N–H and O–H groups in total. The lowest BCUT2D eigenvalue weighted by atomic mass is 9.88. The number of carboxylic acids is 1. The molecular formula is C33H33BrO8S. The summed E-state index contributed by atoms with van der Waals surface area (Å²) < 4.78 is 39.4. The Morgan fingerprint density at radius 3 is 2.02 bits per heavy atom. The maximum absolute atomic E-state index is 14.1. The Morgan fingerprint density at radius 1 is 0.930 bits per heavy atom. The molecule has 3 aromatic carbocycles. The molecule has 10 heteroatoms. The smallest absolute Gasteiger partial charge is 0.339 e. The topological polar surface area (TPSA) is 131 Å². The van der Waals surface area contributed by atoms with Gasteiger partial charge in [0.25, 0.3) is 0 Å². The number of aromatic hydroxyl groups is 1. The molecule has 0 saturated heterocycles. The van der Waals surface area contributed by atoms with Gasteiger partial charge in [0.1, 0.15) is 33.5 Å². The molecule has 0 bridgehead atoms. The predicted molar refractivity (Wildman–Crippen MR) is 166 cm³/mol. The van der Waals surface area contributed by atoms with Gasteiger partial charge < -0.3 is 18.8 Å². The van der Waals surface area contributed by atoms with Gasteiger partial charge in [0.15, 0.2) is 5.78 Å². The minimum atomic E-state index is -4.48. The molecule has 1 heterocycles. The molecule has 0 amide bonds.